The van der Waals surface area contributed by atoms with Crippen molar-refractivity contribution in [3.8, 4) is 5.75 Å². The van der Waals surface area contributed by atoms with Crippen molar-refractivity contribution in [1.29, 1.82) is 0 Å². The van der Waals surface area contributed by atoms with Gasteiger partial charge in [0.15, 0.2) is 14.1 Å². The van der Waals surface area contributed by atoms with Crippen LogP contribution in [-0.2, 0) is 34.6 Å². The van der Waals surface area contributed by atoms with E-state index in [0.717, 1.165) is 12.0 Å². The van der Waals surface area contributed by atoms with Crippen LogP contribution in [0.4, 0.5) is 0 Å². The van der Waals surface area contributed by atoms with Crippen LogP contribution in [0.5, 0.6) is 5.75 Å². The van der Waals surface area contributed by atoms with Crippen molar-refractivity contribution in [3.63, 3.8) is 0 Å². The van der Waals surface area contributed by atoms with Crippen molar-refractivity contribution in [3.05, 3.63) is 65.8 Å². The van der Waals surface area contributed by atoms with Crippen molar-refractivity contribution in [2.75, 3.05) is 0 Å². The number of ketones is 1. The molecule has 1 aromatic carbocycles. The van der Waals surface area contributed by atoms with Crippen LogP contribution >= 0.6 is 0 Å². The van der Waals surface area contributed by atoms with Crippen LogP contribution in [-0.4, -0.2) is 56.2 Å². The average Bonchev–Trinajstić information content (AvgIpc) is 2.89. The number of cyclic esters (lactones) is 1. The Balaban J connectivity index is 1.82. The first kappa shape index (κ1) is 36.5. The second-order valence-electron chi connectivity index (χ2n) is 13.9. The number of ether oxygens (including phenoxy) is 4. The largest absolute Gasteiger partial charge is 0.462 e. The van der Waals surface area contributed by atoms with Gasteiger partial charge in [0.25, 0.3) is 0 Å². The van der Waals surface area contributed by atoms with Gasteiger partial charge < -0.3 is 23.4 Å². The topological polar surface area (TPSA) is 97.4 Å². The van der Waals surface area contributed by atoms with E-state index in [9.17, 15) is 14.4 Å². The van der Waals surface area contributed by atoms with Crippen molar-refractivity contribution < 1.29 is 37.8 Å². The Labute approximate surface area is 270 Å². The lowest BCUT2D eigenvalue weighted by Gasteiger charge is -2.41. The van der Waals surface area contributed by atoms with Crippen LogP contribution in [0, 0.1) is 0 Å². The predicted molar refractivity (Wildman–Crippen MR) is 178 cm³/mol. The molecule has 0 radical (unpaired) electrons. The second kappa shape index (κ2) is 15.5. The lowest BCUT2D eigenvalue weighted by molar-refractivity contribution is -0.160. The Hall–Kier alpha value is -3.01. The van der Waals surface area contributed by atoms with Gasteiger partial charge in [-0.05, 0) is 67.6 Å². The van der Waals surface area contributed by atoms with E-state index in [1.165, 1.54) is 6.92 Å². The van der Waals surface area contributed by atoms with Crippen LogP contribution in [0.15, 0.2) is 54.7 Å². The summed E-state index contributed by atoms with van der Waals surface area (Å²) in [7, 11) is -2.17. The first-order valence-corrected chi connectivity index (χ1v) is 19.0. The lowest BCUT2D eigenvalue weighted by atomic mass is 9.91. The van der Waals surface area contributed by atoms with E-state index >= 15 is 0 Å². The Morgan fingerprint density at radius 1 is 1.07 bits per heavy atom. The van der Waals surface area contributed by atoms with E-state index in [4.69, 9.17) is 23.4 Å². The minimum Gasteiger partial charge on any atom is -0.462 e. The maximum Gasteiger partial charge on any atom is 0.345 e. The molecule has 1 aromatic rings. The van der Waals surface area contributed by atoms with Crippen molar-refractivity contribution >= 4 is 26.0 Å². The summed E-state index contributed by atoms with van der Waals surface area (Å²) in [6.07, 6.45) is 13.0. The molecule has 8 nitrogen and oxygen atoms in total. The summed E-state index contributed by atoms with van der Waals surface area (Å²) in [6.45, 7) is 17.9. The van der Waals surface area contributed by atoms with Crippen LogP contribution in [0.25, 0.3) is 0 Å². The number of hydrogen-bond acceptors (Lipinski definition) is 8. The van der Waals surface area contributed by atoms with Gasteiger partial charge in [-0.3, -0.25) is 9.59 Å². The van der Waals surface area contributed by atoms with Crippen LogP contribution in [0.1, 0.15) is 96.5 Å². The van der Waals surface area contributed by atoms with Gasteiger partial charge in [-0.15, -0.1) is 0 Å². The number of esters is 2. The minimum absolute atomic E-state index is 0.00693. The number of carbonyl (C=O) groups is 3. The molecule has 0 spiro atoms. The molecule has 2 aliphatic rings. The highest BCUT2D eigenvalue weighted by atomic mass is 28.4. The summed E-state index contributed by atoms with van der Waals surface area (Å²) >= 11 is 0. The molecule has 1 fully saturated rings. The van der Waals surface area contributed by atoms with Crippen molar-refractivity contribution in [2.24, 2.45) is 0 Å². The van der Waals surface area contributed by atoms with Crippen LogP contribution in [0.2, 0.25) is 18.1 Å². The first-order chi connectivity index (χ1) is 21.0. The van der Waals surface area contributed by atoms with Crippen molar-refractivity contribution in [1.82, 2.24) is 0 Å². The number of rotatable bonds is 13. The molecule has 0 N–H and O–H groups in total. The van der Waals surface area contributed by atoms with Gasteiger partial charge in [0.2, 0.25) is 5.79 Å². The Morgan fingerprint density at radius 2 is 1.78 bits per heavy atom. The third-order valence-corrected chi connectivity index (χ3v) is 13.0. The molecular formula is C36H52O8Si. The summed E-state index contributed by atoms with van der Waals surface area (Å²) in [5.41, 5.74) is 1.16. The summed E-state index contributed by atoms with van der Waals surface area (Å²) in [5.74, 6) is -1.41. The van der Waals surface area contributed by atoms with Gasteiger partial charge in [-0.1, -0.05) is 64.1 Å². The van der Waals surface area contributed by atoms with Gasteiger partial charge >= 0.3 is 11.9 Å². The quantitative estimate of drug-likeness (QED) is 0.0932. The van der Waals surface area contributed by atoms with E-state index in [2.05, 4.69) is 33.9 Å². The number of fused-ring (bicyclic) bond motifs is 1. The van der Waals surface area contributed by atoms with Crippen LogP contribution in [0.3, 0.4) is 0 Å². The third-order valence-electron chi connectivity index (χ3n) is 8.45. The molecule has 1 saturated heterocycles. The van der Waals surface area contributed by atoms with E-state index in [0.29, 0.717) is 43.4 Å². The molecule has 0 aromatic heterocycles. The smallest absolute Gasteiger partial charge is 0.345 e. The zero-order valence-corrected chi connectivity index (χ0v) is 29.5. The number of allylic oxidation sites excluding steroid dienone is 5. The summed E-state index contributed by atoms with van der Waals surface area (Å²) in [4.78, 5) is 37.4. The fraction of sp³-hybridized carbons (Fsp3) is 0.583. The molecule has 4 atom stereocenters. The minimum atomic E-state index is -2.17. The highest BCUT2D eigenvalue weighted by Gasteiger charge is 2.41. The zero-order chi connectivity index (χ0) is 33.4. The molecule has 248 valence electrons. The third kappa shape index (κ3) is 11.1. The maximum atomic E-state index is 13.0. The van der Waals surface area contributed by atoms with Crippen molar-refractivity contribution in [2.45, 2.75) is 135 Å². The van der Waals surface area contributed by atoms with E-state index in [1.54, 1.807) is 38.1 Å². The first-order valence-electron chi connectivity index (χ1n) is 16.1. The van der Waals surface area contributed by atoms with Gasteiger partial charge in [0.05, 0.1) is 18.3 Å². The molecule has 0 amide bonds. The fourth-order valence-electron chi connectivity index (χ4n) is 5.38. The van der Waals surface area contributed by atoms with Crippen LogP contribution < -0.4 is 4.74 Å². The standard InChI is InChI=1S/C36H52O8Si/c1-10-11-12-13-17-27(38)18-15-19-28(44-45(8,9)35(3,4)5)22-31-24-30(40-25(2)37)23-29(41-31)21-26-16-14-20-32-33(26)34(39)43-36(6,7)42-32/h11-18,20,28-31H,10,19,21-24H2,1-9H3/b12-11-,17-13-,18-15-/t28-,29-,30+,31-/m0/s1. The zero-order valence-electron chi connectivity index (χ0n) is 28.5. The lowest BCUT2D eigenvalue weighted by Crippen LogP contribution is -2.46. The summed E-state index contributed by atoms with van der Waals surface area (Å²) in [5, 5.41) is -0.00693. The number of benzene rings is 1. The highest BCUT2D eigenvalue weighted by Crippen LogP contribution is 2.39. The number of carbonyl (C=O) groups excluding carboxylic acids is 3. The average molecular weight is 641 g/mol. The number of hydrogen-bond donors (Lipinski definition) is 0. The van der Waals surface area contributed by atoms with E-state index < -0.39 is 20.1 Å². The summed E-state index contributed by atoms with van der Waals surface area (Å²) in [6, 6.07) is 5.51. The fourth-order valence-corrected chi connectivity index (χ4v) is 6.76. The van der Waals surface area contributed by atoms with E-state index in [1.807, 2.05) is 37.3 Å². The molecule has 2 aliphatic heterocycles. The van der Waals surface area contributed by atoms with Gasteiger partial charge in [-0.25, -0.2) is 4.79 Å². The normalized spacial score (nSPS) is 22.7. The van der Waals surface area contributed by atoms with E-state index in [-0.39, 0.29) is 41.2 Å². The van der Waals surface area contributed by atoms with Gasteiger partial charge in [0, 0.05) is 33.6 Å². The summed E-state index contributed by atoms with van der Waals surface area (Å²) < 4.78 is 30.7. The monoisotopic (exact) mass is 640 g/mol. The molecule has 0 aliphatic carbocycles. The highest BCUT2D eigenvalue weighted by molar-refractivity contribution is 6.74. The van der Waals surface area contributed by atoms with Gasteiger partial charge in [0.1, 0.15) is 17.4 Å². The Morgan fingerprint density at radius 3 is 2.44 bits per heavy atom. The Bertz CT molecular complexity index is 1290. The predicted octanol–water partition coefficient (Wildman–Crippen LogP) is 7.81. The molecule has 0 bridgehead atoms. The molecule has 45 heavy (non-hydrogen) atoms. The molecule has 3 rings (SSSR count). The molecule has 0 saturated carbocycles. The molecule has 2 heterocycles. The molecular weight excluding hydrogens is 588 g/mol. The maximum absolute atomic E-state index is 13.0. The molecule has 0 unspecified atom stereocenters. The molecule has 9 heteroatoms. The van der Waals surface area contributed by atoms with Gasteiger partial charge in [-0.2, -0.15) is 0 Å². The second-order valence-corrected chi connectivity index (χ2v) is 18.7. The SMILES string of the molecule is CC/C=C\C=C/C(=O)/C=C\C[C@@H](C[C@H]1C[C@H](OC(C)=O)C[C@H](Cc2cccc3c2C(=O)OC(C)(C)O3)O1)O[Si](C)(C)C(C)(C)C. The Kier molecular flexibility index (Phi) is 12.6.